The molecule has 0 aliphatic carbocycles. The summed E-state index contributed by atoms with van der Waals surface area (Å²) in [6, 6.07) is 19.4. The van der Waals surface area contributed by atoms with Gasteiger partial charge in [0.05, 0.1) is 8.95 Å². The molecule has 0 aliphatic heterocycles. The van der Waals surface area contributed by atoms with Gasteiger partial charge in [-0.3, -0.25) is 0 Å². The molecular weight excluding hydrogens is 497 g/mol. The Morgan fingerprint density at radius 1 is 0.600 bits per heavy atom. The quantitative estimate of drug-likeness (QED) is 0.284. The van der Waals surface area contributed by atoms with E-state index >= 15 is 0 Å². The second-order valence-electron chi connectivity index (χ2n) is 5.61. The molecule has 2 N–H and O–H groups in total. The first-order chi connectivity index (χ1) is 11.6. The number of fused-ring (bicyclic) bond motifs is 2. The molecule has 4 aromatic carbocycles. The predicted octanol–water partition coefficient (Wildman–Crippen LogP) is 6.59. The Hall–Kier alpha value is -1.42. The van der Waals surface area contributed by atoms with Crippen molar-refractivity contribution < 1.29 is 29.7 Å². The van der Waals surface area contributed by atoms with E-state index < -0.39 is 0 Å². The van der Waals surface area contributed by atoms with Gasteiger partial charge in [0, 0.05) is 30.6 Å². The van der Waals surface area contributed by atoms with Crippen LogP contribution in [0.3, 0.4) is 0 Å². The average molecular weight is 510 g/mol. The molecule has 0 bridgehead atoms. The van der Waals surface area contributed by atoms with Crippen LogP contribution in [0.2, 0.25) is 0 Å². The van der Waals surface area contributed by atoms with Crippen molar-refractivity contribution in [2.24, 2.45) is 0 Å². The second kappa shape index (κ2) is 7.07. The molecule has 0 saturated carbocycles. The number of aromatic hydroxyl groups is 2. The number of phenols is 2. The fourth-order valence-electron chi connectivity index (χ4n) is 3.11. The summed E-state index contributed by atoms with van der Waals surface area (Å²) < 4.78 is 1.19. The van der Waals surface area contributed by atoms with Crippen LogP contribution in [0.15, 0.2) is 69.6 Å². The molecule has 4 aromatic rings. The molecule has 120 valence electrons. The minimum absolute atomic E-state index is 0. The summed E-state index contributed by atoms with van der Waals surface area (Å²) in [4.78, 5) is 0. The van der Waals surface area contributed by atoms with Gasteiger partial charge in [-0.15, -0.1) is 0 Å². The van der Waals surface area contributed by atoms with Crippen molar-refractivity contribution in [1.82, 2.24) is 0 Å². The van der Waals surface area contributed by atoms with Gasteiger partial charge in [0.25, 0.3) is 0 Å². The van der Waals surface area contributed by atoms with Gasteiger partial charge in [-0.1, -0.05) is 48.5 Å². The molecule has 2 nitrogen and oxygen atoms in total. The Balaban J connectivity index is 0.00000182. The van der Waals surface area contributed by atoms with Crippen LogP contribution in [0.4, 0.5) is 0 Å². The fraction of sp³-hybridized carbons (Fsp3) is 0. The van der Waals surface area contributed by atoms with Gasteiger partial charge >= 0.3 is 0 Å². The summed E-state index contributed by atoms with van der Waals surface area (Å²) in [6.07, 6.45) is 0. The normalized spacial score (nSPS) is 10.8. The zero-order chi connectivity index (χ0) is 16.8. The third-order valence-corrected chi connectivity index (χ3v) is 5.41. The van der Waals surface area contributed by atoms with Crippen molar-refractivity contribution in [1.29, 1.82) is 0 Å². The topological polar surface area (TPSA) is 40.5 Å². The number of phenolic OH excluding ortho intramolecular Hbond substituents is 2. The number of rotatable bonds is 1. The predicted molar refractivity (Wildman–Crippen MR) is 106 cm³/mol. The smallest absolute Gasteiger partial charge is 0.138 e. The fourth-order valence-corrected chi connectivity index (χ4v) is 4.00. The third kappa shape index (κ3) is 2.99. The average Bonchev–Trinajstić information content (AvgIpc) is 2.58. The van der Waals surface area contributed by atoms with Crippen LogP contribution in [-0.2, 0) is 19.5 Å². The van der Waals surface area contributed by atoms with Crippen LogP contribution < -0.4 is 0 Å². The van der Waals surface area contributed by atoms with Crippen molar-refractivity contribution >= 4 is 53.4 Å². The molecule has 0 amide bonds. The summed E-state index contributed by atoms with van der Waals surface area (Å²) >= 11 is 6.86. The Morgan fingerprint density at radius 2 is 0.960 bits per heavy atom. The molecule has 4 rings (SSSR count). The first-order valence-corrected chi connectivity index (χ1v) is 8.97. The van der Waals surface area contributed by atoms with Crippen LogP contribution in [0.1, 0.15) is 0 Å². The van der Waals surface area contributed by atoms with E-state index in [-0.39, 0.29) is 31.0 Å². The largest absolute Gasteiger partial charge is 0.506 e. The molecule has 0 heterocycles. The summed E-state index contributed by atoms with van der Waals surface area (Å²) in [5.74, 6) is 0.236. The summed E-state index contributed by atoms with van der Waals surface area (Å²) in [5.41, 5.74) is 1.24. The van der Waals surface area contributed by atoms with Crippen molar-refractivity contribution in [3.63, 3.8) is 0 Å². The maximum absolute atomic E-state index is 10.8. The van der Waals surface area contributed by atoms with Crippen LogP contribution in [0.25, 0.3) is 32.7 Å². The Labute approximate surface area is 174 Å². The molecule has 25 heavy (non-hydrogen) atoms. The molecule has 0 unspecified atom stereocenters. The van der Waals surface area contributed by atoms with E-state index in [1.165, 1.54) is 0 Å². The van der Waals surface area contributed by atoms with E-state index in [2.05, 4.69) is 31.9 Å². The van der Waals surface area contributed by atoms with Gasteiger partial charge in [0.15, 0.2) is 0 Å². The van der Waals surface area contributed by atoms with Crippen LogP contribution in [0.5, 0.6) is 11.5 Å². The maximum Gasteiger partial charge on any atom is 0.138 e. The molecule has 0 fully saturated rings. The molecular formula is C20H12Br2O2Zn. The van der Waals surface area contributed by atoms with E-state index in [1.807, 2.05) is 60.7 Å². The second-order valence-corrected chi connectivity index (χ2v) is 7.31. The third-order valence-electron chi connectivity index (χ3n) is 4.20. The van der Waals surface area contributed by atoms with Crippen LogP contribution in [-0.4, -0.2) is 10.2 Å². The van der Waals surface area contributed by atoms with Gasteiger partial charge < -0.3 is 10.2 Å². The van der Waals surface area contributed by atoms with Crippen molar-refractivity contribution in [3.05, 3.63) is 69.6 Å². The Kier molecular flexibility index (Phi) is 5.19. The van der Waals surface area contributed by atoms with E-state index in [0.29, 0.717) is 20.1 Å². The van der Waals surface area contributed by atoms with Gasteiger partial charge in [-0.2, -0.15) is 0 Å². The van der Waals surface area contributed by atoms with Crippen molar-refractivity contribution in [2.45, 2.75) is 0 Å². The van der Waals surface area contributed by atoms with Crippen LogP contribution >= 0.6 is 31.9 Å². The number of hydrogen-bond acceptors (Lipinski definition) is 2. The summed E-state index contributed by atoms with van der Waals surface area (Å²) in [7, 11) is 0. The molecule has 0 radical (unpaired) electrons. The van der Waals surface area contributed by atoms with E-state index in [0.717, 1.165) is 21.5 Å². The molecule has 5 heteroatoms. The Bertz CT molecular complexity index is 1020. The minimum Gasteiger partial charge on any atom is -0.506 e. The molecule has 0 atom stereocenters. The number of hydrogen-bond donors (Lipinski definition) is 2. The number of halogens is 2. The minimum atomic E-state index is 0. The zero-order valence-electron chi connectivity index (χ0n) is 13.1. The standard InChI is InChI=1S/C20H12Br2O2.Zn/c21-15-9-11-5-1-3-7-13(11)17(19(15)23)18-14-8-4-2-6-12(14)10-16(22)20(18)24;/h1-10,23-24H;. The SMILES string of the molecule is Oc1c(Br)cc2ccccc2c1-c1c(O)c(Br)cc2ccccc12.[Zn]. The molecule has 0 aromatic heterocycles. The van der Waals surface area contributed by atoms with Crippen molar-refractivity contribution in [2.75, 3.05) is 0 Å². The Morgan fingerprint density at radius 3 is 1.36 bits per heavy atom. The van der Waals surface area contributed by atoms with E-state index in [1.54, 1.807) is 0 Å². The van der Waals surface area contributed by atoms with Gasteiger partial charge in [-0.05, 0) is 65.5 Å². The van der Waals surface area contributed by atoms with Crippen LogP contribution in [0, 0.1) is 0 Å². The summed E-state index contributed by atoms with van der Waals surface area (Å²) in [5, 5.41) is 25.2. The summed E-state index contributed by atoms with van der Waals surface area (Å²) in [6.45, 7) is 0. The first kappa shape index (κ1) is 18.4. The van der Waals surface area contributed by atoms with Crippen molar-refractivity contribution in [3.8, 4) is 22.6 Å². The maximum atomic E-state index is 10.8. The number of benzene rings is 4. The van der Waals surface area contributed by atoms with E-state index in [9.17, 15) is 10.2 Å². The molecule has 0 saturated heterocycles. The monoisotopic (exact) mass is 506 g/mol. The van der Waals surface area contributed by atoms with E-state index in [4.69, 9.17) is 0 Å². The molecule has 0 aliphatic rings. The zero-order valence-corrected chi connectivity index (χ0v) is 19.3. The molecule has 0 spiro atoms. The van der Waals surface area contributed by atoms with Gasteiger partial charge in [-0.25, -0.2) is 0 Å². The first-order valence-electron chi connectivity index (χ1n) is 7.38. The van der Waals surface area contributed by atoms with Gasteiger partial charge in [0.2, 0.25) is 0 Å². The van der Waals surface area contributed by atoms with Gasteiger partial charge in [0.1, 0.15) is 11.5 Å².